The second-order valence-corrected chi connectivity index (χ2v) is 11.6. The molecule has 3 saturated heterocycles. The van der Waals surface area contributed by atoms with Crippen molar-refractivity contribution in [1.29, 1.82) is 0 Å². The van der Waals surface area contributed by atoms with Crippen molar-refractivity contribution in [3.8, 4) is 5.75 Å². The van der Waals surface area contributed by atoms with Gasteiger partial charge in [-0.15, -0.1) is 0 Å². The molecule has 40 heavy (non-hydrogen) atoms. The maximum absolute atomic E-state index is 14.2. The summed E-state index contributed by atoms with van der Waals surface area (Å²) >= 11 is 0. The summed E-state index contributed by atoms with van der Waals surface area (Å²) in [6, 6.07) is 6.43. The molecule has 9 nitrogen and oxygen atoms in total. The highest BCUT2D eigenvalue weighted by atomic mass is 16.5. The number of hydrogen-bond donors (Lipinski definition) is 3. The smallest absolute Gasteiger partial charge is 0.246 e. The number of fused-ring (bicyclic) bond motifs is 1. The van der Waals surface area contributed by atoms with Crippen molar-refractivity contribution in [1.82, 2.24) is 10.2 Å². The highest BCUT2D eigenvalue weighted by molar-refractivity contribution is 6.02. The predicted octanol–water partition coefficient (Wildman–Crippen LogP) is 4.04. The Morgan fingerprint density at radius 1 is 1.10 bits per heavy atom. The molecule has 3 aliphatic rings. The third-order valence-electron chi connectivity index (χ3n) is 9.06. The number of rotatable bonds is 15. The Bertz CT molecular complexity index is 1050. The first-order valence-corrected chi connectivity index (χ1v) is 15.2. The number of nitrogens with one attached hydrogen (secondary N) is 2. The standard InChI is InChI=1S/C31H47N3O6/c1-5-12-21(4)32-28(37)26-31-18-17-30(6-2,40-31)24(25(31)29(38)34(26)19-10-8-9-11-20-35)27(36)33-22-13-15-23(16-14-22)39-7-3/h13-16,21,24-26,35H,5-12,17-20H2,1-4H3,(H,32,37)(H,33,36)/t21?,24-,25+,26?,30+,31?/m1/s1. The zero-order valence-corrected chi connectivity index (χ0v) is 24.5. The Kier molecular flexibility index (Phi) is 9.77. The molecule has 2 bridgehead atoms. The molecule has 222 valence electrons. The van der Waals surface area contributed by atoms with Gasteiger partial charge in [-0.1, -0.05) is 33.1 Å². The SMILES string of the molecule is CCCC(C)NC(=O)C1N(CCCCCCO)C(=O)[C@@H]2[C@H](C(=O)Nc3ccc(OCC)cc3)[C@]3(CC)CCC12O3. The predicted molar refractivity (Wildman–Crippen MR) is 153 cm³/mol. The number of carbonyl (C=O) groups excluding carboxylic acids is 3. The third-order valence-corrected chi connectivity index (χ3v) is 9.06. The van der Waals surface area contributed by atoms with Gasteiger partial charge in [0.25, 0.3) is 0 Å². The van der Waals surface area contributed by atoms with E-state index in [2.05, 4.69) is 17.6 Å². The molecule has 0 radical (unpaired) electrons. The van der Waals surface area contributed by atoms with E-state index in [1.807, 2.05) is 32.9 Å². The van der Waals surface area contributed by atoms with Crippen LogP contribution in [0.5, 0.6) is 5.75 Å². The van der Waals surface area contributed by atoms with Gasteiger partial charge in [0.05, 0.1) is 24.0 Å². The Labute approximate surface area is 238 Å². The molecule has 0 aliphatic carbocycles. The minimum atomic E-state index is -1.02. The summed E-state index contributed by atoms with van der Waals surface area (Å²) in [5.74, 6) is -1.26. The summed E-state index contributed by atoms with van der Waals surface area (Å²) in [4.78, 5) is 43.7. The topological polar surface area (TPSA) is 117 Å². The number of aliphatic hydroxyl groups excluding tert-OH is 1. The zero-order valence-electron chi connectivity index (χ0n) is 24.5. The van der Waals surface area contributed by atoms with Crippen molar-refractivity contribution in [2.24, 2.45) is 11.8 Å². The molecule has 9 heteroatoms. The number of unbranched alkanes of at least 4 members (excludes halogenated alkanes) is 3. The van der Waals surface area contributed by atoms with Crippen LogP contribution in [-0.4, -0.2) is 70.8 Å². The van der Waals surface area contributed by atoms with Crippen LogP contribution in [-0.2, 0) is 19.1 Å². The molecule has 1 aromatic rings. The lowest BCUT2D eigenvalue weighted by Crippen LogP contribution is -2.56. The van der Waals surface area contributed by atoms with Crippen LogP contribution in [0.4, 0.5) is 5.69 Å². The maximum Gasteiger partial charge on any atom is 0.246 e. The van der Waals surface area contributed by atoms with Gasteiger partial charge in [0.2, 0.25) is 17.7 Å². The molecule has 3 N–H and O–H groups in total. The van der Waals surface area contributed by atoms with Gasteiger partial charge in [0.15, 0.2) is 0 Å². The van der Waals surface area contributed by atoms with Crippen LogP contribution in [0.3, 0.4) is 0 Å². The Morgan fingerprint density at radius 2 is 1.82 bits per heavy atom. The maximum atomic E-state index is 14.2. The molecule has 4 rings (SSSR count). The van der Waals surface area contributed by atoms with Gasteiger partial charge in [-0.2, -0.15) is 0 Å². The van der Waals surface area contributed by atoms with Crippen molar-refractivity contribution in [3.63, 3.8) is 0 Å². The summed E-state index contributed by atoms with van der Waals surface area (Å²) in [6.45, 7) is 9.11. The molecule has 0 aromatic heterocycles. The number of hydrogen-bond acceptors (Lipinski definition) is 6. The highest BCUT2D eigenvalue weighted by Gasteiger charge is 2.78. The highest BCUT2D eigenvalue weighted by Crippen LogP contribution is 2.64. The van der Waals surface area contributed by atoms with Gasteiger partial charge >= 0.3 is 0 Å². The van der Waals surface area contributed by atoms with Crippen molar-refractivity contribution in [3.05, 3.63) is 24.3 Å². The molecule has 3 heterocycles. The van der Waals surface area contributed by atoms with Crippen LogP contribution < -0.4 is 15.4 Å². The molecule has 1 spiro atoms. The lowest BCUT2D eigenvalue weighted by molar-refractivity contribution is -0.146. The third kappa shape index (κ3) is 5.59. The summed E-state index contributed by atoms with van der Waals surface area (Å²) in [7, 11) is 0. The Morgan fingerprint density at radius 3 is 2.48 bits per heavy atom. The average Bonchev–Trinajstić information content (AvgIpc) is 3.53. The number of aliphatic hydroxyl groups is 1. The fourth-order valence-electron chi connectivity index (χ4n) is 7.25. The van der Waals surface area contributed by atoms with E-state index >= 15 is 0 Å². The molecule has 6 atom stereocenters. The van der Waals surface area contributed by atoms with Crippen LogP contribution in [0, 0.1) is 11.8 Å². The largest absolute Gasteiger partial charge is 0.494 e. The number of nitrogens with zero attached hydrogens (tertiary/aromatic N) is 1. The average molecular weight is 558 g/mol. The first-order chi connectivity index (χ1) is 19.3. The molecule has 1 aromatic carbocycles. The number of anilines is 1. The van der Waals surface area contributed by atoms with Crippen LogP contribution in [0.25, 0.3) is 0 Å². The van der Waals surface area contributed by atoms with Gasteiger partial charge in [-0.05, 0) is 76.6 Å². The monoisotopic (exact) mass is 557 g/mol. The normalized spacial score (nSPS) is 29.4. The molecule has 3 unspecified atom stereocenters. The van der Waals surface area contributed by atoms with Gasteiger partial charge in [0, 0.05) is 24.9 Å². The molecule has 3 fully saturated rings. The second-order valence-electron chi connectivity index (χ2n) is 11.6. The van der Waals surface area contributed by atoms with Crippen LogP contribution >= 0.6 is 0 Å². The molecule has 3 amide bonds. The number of carbonyl (C=O) groups is 3. The number of ether oxygens (including phenoxy) is 2. The van der Waals surface area contributed by atoms with E-state index < -0.39 is 29.1 Å². The Hall–Kier alpha value is -2.65. The van der Waals surface area contributed by atoms with Gasteiger partial charge in [-0.25, -0.2) is 0 Å². The van der Waals surface area contributed by atoms with Crippen LogP contribution in [0.2, 0.25) is 0 Å². The van der Waals surface area contributed by atoms with E-state index in [-0.39, 0.29) is 30.4 Å². The van der Waals surface area contributed by atoms with E-state index in [4.69, 9.17) is 14.6 Å². The first kappa shape index (κ1) is 30.3. The summed E-state index contributed by atoms with van der Waals surface area (Å²) in [5, 5.41) is 15.3. The molecule has 0 saturated carbocycles. The van der Waals surface area contributed by atoms with E-state index in [0.717, 1.165) is 44.3 Å². The zero-order chi connectivity index (χ0) is 28.9. The van der Waals surface area contributed by atoms with Crippen molar-refractivity contribution >= 4 is 23.4 Å². The minimum absolute atomic E-state index is 0.0213. The first-order valence-electron chi connectivity index (χ1n) is 15.2. The molecular formula is C31H47N3O6. The quantitative estimate of drug-likeness (QED) is 0.280. The van der Waals surface area contributed by atoms with Gasteiger partial charge in [-0.3, -0.25) is 14.4 Å². The second kappa shape index (κ2) is 12.9. The summed E-state index contributed by atoms with van der Waals surface area (Å²) in [5.41, 5.74) is -1.17. The van der Waals surface area contributed by atoms with Crippen molar-refractivity contribution in [2.75, 3.05) is 25.1 Å². The van der Waals surface area contributed by atoms with Crippen LogP contribution in [0.1, 0.15) is 85.5 Å². The van der Waals surface area contributed by atoms with Crippen molar-refractivity contribution in [2.45, 2.75) is 109 Å². The lowest BCUT2D eigenvalue weighted by atomic mass is 9.65. The Balaban J connectivity index is 1.62. The summed E-state index contributed by atoms with van der Waals surface area (Å²) in [6.07, 6.45) is 6.73. The minimum Gasteiger partial charge on any atom is -0.494 e. The van der Waals surface area contributed by atoms with Crippen molar-refractivity contribution < 1.29 is 29.0 Å². The number of likely N-dealkylation sites (tertiary alicyclic amines) is 1. The number of amides is 3. The van der Waals surface area contributed by atoms with Gasteiger partial charge in [0.1, 0.15) is 17.4 Å². The van der Waals surface area contributed by atoms with E-state index in [9.17, 15) is 14.4 Å². The summed E-state index contributed by atoms with van der Waals surface area (Å²) < 4.78 is 12.3. The van der Waals surface area contributed by atoms with Gasteiger partial charge < -0.3 is 30.1 Å². The number of benzene rings is 1. The fraction of sp³-hybridized carbons (Fsp3) is 0.710. The molecular weight excluding hydrogens is 510 g/mol. The van der Waals surface area contributed by atoms with E-state index in [1.54, 1.807) is 17.0 Å². The fourth-order valence-corrected chi connectivity index (χ4v) is 7.25. The molecule has 3 aliphatic heterocycles. The van der Waals surface area contributed by atoms with E-state index in [0.29, 0.717) is 38.1 Å². The van der Waals surface area contributed by atoms with E-state index in [1.165, 1.54) is 0 Å². The lowest BCUT2D eigenvalue weighted by Gasteiger charge is -2.34. The van der Waals surface area contributed by atoms with Crippen LogP contribution in [0.15, 0.2) is 24.3 Å².